The normalized spacial score (nSPS) is 11.1. The molecule has 0 saturated heterocycles. The van der Waals surface area contributed by atoms with Crippen molar-refractivity contribution in [1.29, 1.82) is 0 Å². The fourth-order valence-electron chi connectivity index (χ4n) is 6.25. The maximum atomic E-state index is 12.0. The Morgan fingerprint density at radius 1 is 0.510 bits per heavy atom. The second-order valence-electron chi connectivity index (χ2n) is 12.8. The lowest BCUT2D eigenvalue weighted by molar-refractivity contribution is 0.0687. The highest BCUT2D eigenvalue weighted by Crippen LogP contribution is 2.32. The molecule has 0 saturated carbocycles. The second-order valence-corrected chi connectivity index (χ2v) is 12.8. The summed E-state index contributed by atoms with van der Waals surface area (Å²) in [5.41, 5.74) is 7.28. The van der Waals surface area contributed by atoms with Crippen LogP contribution in [0.3, 0.4) is 0 Å². The van der Waals surface area contributed by atoms with Crippen LogP contribution in [0.2, 0.25) is 0 Å². The number of hydrogen-bond acceptors (Lipinski definition) is 5. The van der Waals surface area contributed by atoms with Gasteiger partial charge in [-0.25, -0.2) is 9.59 Å². The van der Waals surface area contributed by atoms with Crippen LogP contribution in [-0.4, -0.2) is 32.3 Å². The number of carboxylic acid groups (broad SMARTS) is 2. The fourth-order valence-corrected chi connectivity index (χ4v) is 6.25. The number of unbranched alkanes of at least 4 members (excludes halogenated alkanes) is 8. The minimum atomic E-state index is -0.953. The molecule has 0 aliphatic rings. The third-order valence-corrected chi connectivity index (χ3v) is 9.08. The number of aromatic nitrogens is 2. The third-order valence-electron chi connectivity index (χ3n) is 9.08. The largest absolute Gasteiger partial charge is 0.478 e. The highest BCUT2D eigenvalue weighted by atomic mass is 16.4. The van der Waals surface area contributed by atoms with Gasteiger partial charge in [-0.1, -0.05) is 114 Å². The zero-order chi connectivity index (χ0) is 34.6. The van der Waals surface area contributed by atoms with Gasteiger partial charge in [-0.05, 0) is 95.5 Å². The van der Waals surface area contributed by atoms with E-state index in [2.05, 4.69) is 24.0 Å². The Kier molecular flexibility index (Phi) is 12.5. The van der Waals surface area contributed by atoms with Gasteiger partial charge in [-0.2, -0.15) is 0 Å². The number of aromatic carboxylic acids is 2. The summed E-state index contributed by atoms with van der Waals surface area (Å²) in [7, 11) is 0. The third kappa shape index (κ3) is 9.32. The molecule has 0 amide bonds. The maximum absolute atomic E-state index is 12.0. The van der Waals surface area contributed by atoms with E-state index in [-0.39, 0.29) is 11.1 Å². The smallest absolute Gasteiger partial charge is 0.336 e. The zero-order valence-electron chi connectivity index (χ0n) is 28.6. The molecule has 0 spiro atoms. The van der Waals surface area contributed by atoms with Gasteiger partial charge in [0.25, 0.3) is 0 Å². The van der Waals surface area contributed by atoms with Gasteiger partial charge in [0, 0.05) is 11.1 Å². The lowest BCUT2D eigenvalue weighted by Crippen LogP contribution is -2.01. The number of hydrogen-bond donors (Lipinski definition) is 2. The van der Waals surface area contributed by atoms with Crippen LogP contribution in [0.5, 0.6) is 0 Å². The van der Waals surface area contributed by atoms with E-state index < -0.39 is 11.9 Å². The second kappa shape index (κ2) is 17.4. The van der Waals surface area contributed by atoms with Crippen molar-refractivity contribution in [2.75, 3.05) is 0 Å². The number of nitrogens with zero attached hydrogens (tertiary/aromatic N) is 2. The molecule has 254 valence electrons. The first-order valence-corrected chi connectivity index (χ1v) is 17.7. The molecule has 0 aliphatic carbocycles. The van der Waals surface area contributed by atoms with Crippen LogP contribution in [0.1, 0.15) is 110 Å². The van der Waals surface area contributed by atoms with E-state index >= 15 is 0 Å². The highest BCUT2D eigenvalue weighted by molar-refractivity contribution is 5.97. The molecular weight excluding hydrogens is 612 g/mol. The molecule has 0 atom stereocenters. The molecule has 0 fully saturated rings. The highest BCUT2D eigenvalue weighted by Gasteiger charge is 2.17. The van der Waals surface area contributed by atoms with Crippen molar-refractivity contribution in [3.63, 3.8) is 0 Å². The van der Waals surface area contributed by atoms with E-state index in [0.29, 0.717) is 22.9 Å². The van der Waals surface area contributed by atoms with Crippen molar-refractivity contribution >= 4 is 11.9 Å². The van der Waals surface area contributed by atoms with Crippen LogP contribution < -0.4 is 0 Å². The Bertz CT molecular complexity index is 1710. The summed E-state index contributed by atoms with van der Waals surface area (Å²) in [5.74, 6) is -1.20. The van der Waals surface area contributed by atoms with E-state index in [1.165, 1.54) is 51.4 Å². The van der Waals surface area contributed by atoms with Gasteiger partial charge in [-0.15, -0.1) is 10.2 Å². The zero-order valence-corrected chi connectivity index (χ0v) is 28.6. The van der Waals surface area contributed by atoms with Gasteiger partial charge >= 0.3 is 11.9 Å². The summed E-state index contributed by atoms with van der Waals surface area (Å²) in [6, 6.07) is 26.3. The molecule has 0 unspecified atom stereocenters. The molecule has 0 radical (unpaired) electrons. The van der Waals surface area contributed by atoms with Crippen molar-refractivity contribution in [3.05, 3.63) is 107 Å². The molecule has 1 aromatic heterocycles. The molecular formula is C42H46N2O5. The molecule has 2 N–H and O–H groups in total. The first kappa shape index (κ1) is 35.3. The van der Waals surface area contributed by atoms with Crippen LogP contribution in [0.15, 0.2) is 89.3 Å². The van der Waals surface area contributed by atoms with Crippen LogP contribution in [0.25, 0.3) is 45.2 Å². The number of benzene rings is 4. The predicted molar refractivity (Wildman–Crippen MR) is 195 cm³/mol. The molecule has 7 nitrogen and oxygen atoms in total. The average molecular weight is 659 g/mol. The Morgan fingerprint density at radius 3 is 1.24 bits per heavy atom. The predicted octanol–water partition coefficient (Wildman–Crippen LogP) is 11.2. The molecule has 4 aromatic carbocycles. The molecule has 0 aliphatic heterocycles. The van der Waals surface area contributed by atoms with Gasteiger partial charge in [-0.3, -0.25) is 0 Å². The van der Waals surface area contributed by atoms with Crippen molar-refractivity contribution in [3.8, 4) is 45.2 Å². The number of aryl methyl sites for hydroxylation is 2. The summed E-state index contributed by atoms with van der Waals surface area (Å²) in [4.78, 5) is 24.1. The molecule has 0 bridgehead atoms. The SMILES string of the molecule is CCCCCCCc1ccc(C(=O)O)c(-c2ccc(-c3nnc(-c4ccc(-c5cc(CCCCCCC)ccc5C(=O)O)cc4)o3)cc2)c1. The minimum absolute atomic E-state index is 0.274. The fraction of sp³-hybridized carbons (Fsp3) is 0.333. The topological polar surface area (TPSA) is 114 Å². The van der Waals surface area contributed by atoms with Gasteiger partial charge in [0.05, 0.1) is 11.1 Å². The Hall–Kier alpha value is -5.04. The summed E-state index contributed by atoms with van der Waals surface area (Å²) < 4.78 is 6.04. The standard InChI is InChI=1S/C42H46N2O5/c1-3-5-7-9-11-13-29-15-25-35(41(45)46)37(27-29)31-17-21-33(22-18-31)39-43-44-40(49-39)34-23-19-32(20-24-34)38-28-30(14-12-10-8-6-4-2)16-26-36(38)42(47)48/h15-28H,3-14H2,1-2H3,(H,45,46)(H,47,48). The van der Waals surface area contributed by atoms with Crippen LogP contribution in [-0.2, 0) is 12.8 Å². The van der Waals surface area contributed by atoms with Gasteiger partial charge in [0.15, 0.2) is 0 Å². The summed E-state index contributed by atoms with van der Waals surface area (Å²) in [5, 5.41) is 28.3. The number of carboxylic acids is 2. The minimum Gasteiger partial charge on any atom is -0.478 e. The van der Waals surface area contributed by atoms with Crippen molar-refractivity contribution in [2.45, 2.75) is 90.9 Å². The Balaban J connectivity index is 1.30. The lowest BCUT2D eigenvalue weighted by atomic mass is 9.94. The maximum Gasteiger partial charge on any atom is 0.336 e. The van der Waals surface area contributed by atoms with E-state index in [0.717, 1.165) is 59.1 Å². The van der Waals surface area contributed by atoms with Crippen LogP contribution >= 0.6 is 0 Å². The van der Waals surface area contributed by atoms with E-state index in [9.17, 15) is 19.8 Å². The van der Waals surface area contributed by atoms with E-state index in [1.54, 1.807) is 12.1 Å². The molecule has 1 heterocycles. The van der Waals surface area contributed by atoms with Gasteiger partial charge in [0.2, 0.25) is 11.8 Å². The van der Waals surface area contributed by atoms with E-state index in [4.69, 9.17) is 4.42 Å². The van der Waals surface area contributed by atoms with Crippen molar-refractivity contribution in [1.82, 2.24) is 10.2 Å². The molecule has 49 heavy (non-hydrogen) atoms. The van der Waals surface area contributed by atoms with Crippen molar-refractivity contribution < 1.29 is 24.2 Å². The Labute approximate surface area is 289 Å². The average Bonchev–Trinajstić information content (AvgIpc) is 3.62. The number of rotatable bonds is 18. The summed E-state index contributed by atoms with van der Waals surface area (Å²) in [6.07, 6.45) is 13.7. The summed E-state index contributed by atoms with van der Waals surface area (Å²) >= 11 is 0. The van der Waals surface area contributed by atoms with E-state index in [1.807, 2.05) is 72.8 Å². The van der Waals surface area contributed by atoms with Gasteiger partial charge < -0.3 is 14.6 Å². The van der Waals surface area contributed by atoms with Gasteiger partial charge in [0.1, 0.15) is 0 Å². The number of carbonyl (C=O) groups is 2. The first-order valence-electron chi connectivity index (χ1n) is 17.7. The van der Waals surface area contributed by atoms with Crippen molar-refractivity contribution in [2.24, 2.45) is 0 Å². The molecule has 5 rings (SSSR count). The lowest BCUT2D eigenvalue weighted by Gasteiger charge is -2.10. The summed E-state index contributed by atoms with van der Waals surface area (Å²) in [6.45, 7) is 4.41. The Morgan fingerprint density at radius 2 is 0.878 bits per heavy atom. The first-order chi connectivity index (χ1) is 23.9. The quantitative estimate of drug-likeness (QED) is 0.0900. The monoisotopic (exact) mass is 658 g/mol. The molecule has 7 heteroatoms. The van der Waals surface area contributed by atoms with Crippen LogP contribution in [0.4, 0.5) is 0 Å². The molecule has 5 aromatic rings. The van der Waals surface area contributed by atoms with Crippen LogP contribution in [0, 0.1) is 0 Å².